The standard InChI is InChI=1S/C20H17NO5S/c1-15-10-12-17(13-11-15)27(24,25)26-14-16-6-2-3-7-18(16)19-8-4-5-9-20(19)21(22)23/h2-13H,14H2,1H3. The van der Waals surface area contributed by atoms with Gasteiger partial charge >= 0.3 is 0 Å². The van der Waals surface area contributed by atoms with Crippen molar-refractivity contribution in [3.63, 3.8) is 0 Å². The van der Waals surface area contributed by atoms with Gasteiger partial charge in [0.05, 0.1) is 22.0 Å². The van der Waals surface area contributed by atoms with Crippen molar-refractivity contribution < 1.29 is 17.5 Å². The summed E-state index contributed by atoms with van der Waals surface area (Å²) in [4.78, 5) is 10.9. The lowest BCUT2D eigenvalue weighted by atomic mass is 9.99. The predicted octanol–water partition coefficient (Wildman–Crippen LogP) is 4.48. The van der Waals surface area contributed by atoms with Crippen LogP contribution in [0, 0.1) is 17.0 Å². The third-order valence-corrected chi connectivity index (χ3v) is 5.37. The summed E-state index contributed by atoms with van der Waals surface area (Å²) in [6, 6.07) is 19.6. The Hall–Kier alpha value is -3.03. The Labute approximate surface area is 157 Å². The number of nitro groups is 1. The van der Waals surface area contributed by atoms with E-state index in [1.807, 2.05) is 6.92 Å². The molecule has 0 spiro atoms. The molecule has 3 aromatic carbocycles. The Kier molecular flexibility index (Phi) is 5.34. The van der Waals surface area contributed by atoms with Crippen LogP contribution in [0.5, 0.6) is 0 Å². The summed E-state index contributed by atoms with van der Waals surface area (Å²) in [6.45, 7) is 1.64. The number of aryl methyl sites for hydroxylation is 1. The summed E-state index contributed by atoms with van der Waals surface area (Å²) >= 11 is 0. The van der Waals surface area contributed by atoms with Gasteiger partial charge in [0, 0.05) is 6.07 Å². The first-order valence-corrected chi connectivity index (χ1v) is 9.57. The molecule has 0 aromatic heterocycles. The van der Waals surface area contributed by atoms with Gasteiger partial charge < -0.3 is 0 Å². The average molecular weight is 383 g/mol. The maximum atomic E-state index is 12.4. The molecule has 0 fully saturated rings. The molecule has 0 aliphatic heterocycles. The fourth-order valence-electron chi connectivity index (χ4n) is 2.68. The molecule has 0 heterocycles. The van der Waals surface area contributed by atoms with Crippen molar-refractivity contribution in [1.82, 2.24) is 0 Å². The zero-order chi connectivity index (χ0) is 19.4. The molecule has 6 nitrogen and oxygen atoms in total. The number of nitro benzene ring substituents is 1. The van der Waals surface area contributed by atoms with Crippen molar-refractivity contribution in [2.75, 3.05) is 0 Å². The maximum absolute atomic E-state index is 12.4. The summed E-state index contributed by atoms with van der Waals surface area (Å²) < 4.78 is 30.0. The number of hydrogen-bond acceptors (Lipinski definition) is 5. The lowest BCUT2D eigenvalue weighted by molar-refractivity contribution is -0.384. The van der Waals surface area contributed by atoms with E-state index in [0.717, 1.165) is 5.56 Å². The van der Waals surface area contributed by atoms with Crippen LogP contribution < -0.4 is 0 Å². The second-order valence-corrected chi connectivity index (χ2v) is 7.58. The first-order valence-electron chi connectivity index (χ1n) is 8.16. The number of benzene rings is 3. The van der Waals surface area contributed by atoms with Crippen LogP contribution in [0.3, 0.4) is 0 Å². The van der Waals surface area contributed by atoms with E-state index in [9.17, 15) is 18.5 Å². The molecule has 0 radical (unpaired) electrons. The Morgan fingerprint density at radius 1 is 0.889 bits per heavy atom. The van der Waals surface area contributed by atoms with Crippen molar-refractivity contribution in [2.45, 2.75) is 18.4 Å². The predicted molar refractivity (Wildman–Crippen MR) is 102 cm³/mol. The number of rotatable bonds is 6. The highest BCUT2D eigenvalue weighted by atomic mass is 32.2. The molecule has 3 rings (SSSR count). The molecule has 0 atom stereocenters. The average Bonchev–Trinajstić information content (AvgIpc) is 2.67. The van der Waals surface area contributed by atoms with Crippen LogP contribution in [-0.2, 0) is 20.9 Å². The van der Waals surface area contributed by atoms with Gasteiger partial charge in [0.1, 0.15) is 0 Å². The van der Waals surface area contributed by atoms with Crippen LogP contribution in [0.4, 0.5) is 5.69 Å². The number of nitrogens with zero attached hydrogens (tertiary/aromatic N) is 1. The third-order valence-electron chi connectivity index (χ3n) is 4.09. The quantitative estimate of drug-likeness (QED) is 0.356. The van der Waals surface area contributed by atoms with E-state index in [0.29, 0.717) is 16.7 Å². The van der Waals surface area contributed by atoms with Gasteiger partial charge in [0.15, 0.2) is 0 Å². The van der Waals surface area contributed by atoms with Crippen molar-refractivity contribution in [3.8, 4) is 11.1 Å². The number of para-hydroxylation sites is 1. The minimum absolute atomic E-state index is 0.0497. The van der Waals surface area contributed by atoms with Gasteiger partial charge in [-0.1, -0.05) is 54.1 Å². The van der Waals surface area contributed by atoms with Crippen molar-refractivity contribution in [3.05, 3.63) is 94.0 Å². The smallest absolute Gasteiger partial charge is 0.262 e. The molecular formula is C20H17NO5S. The summed E-state index contributed by atoms with van der Waals surface area (Å²) in [5.74, 6) is 0. The molecular weight excluding hydrogens is 366 g/mol. The van der Waals surface area contributed by atoms with Crippen LogP contribution in [0.15, 0.2) is 77.7 Å². The molecule has 0 aliphatic carbocycles. The molecule has 7 heteroatoms. The van der Waals surface area contributed by atoms with E-state index in [-0.39, 0.29) is 17.2 Å². The van der Waals surface area contributed by atoms with E-state index in [1.165, 1.54) is 18.2 Å². The van der Waals surface area contributed by atoms with Gasteiger partial charge in [-0.2, -0.15) is 8.42 Å². The van der Waals surface area contributed by atoms with Gasteiger partial charge in [-0.05, 0) is 36.2 Å². The lowest BCUT2D eigenvalue weighted by Gasteiger charge is -2.11. The van der Waals surface area contributed by atoms with Crippen LogP contribution in [0.1, 0.15) is 11.1 Å². The van der Waals surface area contributed by atoms with E-state index >= 15 is 0 Å². The van der Waals surface area contributed by atoms with E-state index in [2.05, 4.69) is 0 Å². The highest BCUT2D eigenvalue weighted by Crippen LogP contribution is 2.32. The van der Waals surface area contributed by atoms with Gasteiger partial charge in [-0.15, -0.1) is 0 Å². The van der Waals surface area contributed by atoms with Crippen molar-refractivity contribution in [1.29, 1.82) is 0 Å². The van der Waals surface area contributed by atoms with Crippen LogP contribution in [0.25, 0.3) is 11.1 Å². The monoisotopic (exact) mass is 383 g/mol. The molecule has 0 N–H and O–H groups in total. The topological polar surface area (TPSA) is 86.5 Å². The fraction of sp³-hybridized carbons (Fsp3) is 0.100. The van der Waals surface area contributed by atoms with E-state index in [1.54, 1.807) is 54.6 Å². The van der Waals surface area contributed by atoms with Gasteiger partial charge in [0.2, 0.25) is 0 Å². The van der Waals surface area contributed by atoms with Crippen LogP contribution in [0.2, 0.25) is 0 Å². The summed E-state index contributed by atoms with van der Waals surface area (Å²) in [5, 5.41) is 11.3. The molecule has 138 valence electrons. The van der Waals surface area contributed by atoms with Crippen LogP contribution >= 0.6 is 0 Å². The second kappa shape index (κ2) is 7.69. The fourth-order valence-corrected chi connectivity index (χ4v) is 3.57. The largest absolute Gasteiger partial charge is 0.297 e. The minimum Gasteiger partial charge on any atom is -0.262 e. The Bertz CT molecular complexity index is 1080. The third kappa shape index (κ3) is 4.21. The van der Waals surface area contributed by atoms with Gasteiger partial charge in [-0.25, -0.2) is 0 Å². The molecule has 0 bridgehead atoms. The first-order chi connectivity index (χ1) is 12.9. The Morgan fingerprint density at radius 3 is 2.15 bits per heavy atom. The van der Waals surface area contributed by atoms with E-state index < -0.39 is 15.0 Å². The molecule has 0 unspecified atom stereocenters. The van der Waals surface area contributed by atoms with E-state index in [4.69, 9.17) is 4.18 Å². The SMILES string of the molecule is Cc1ccc(S(=O)(=O)OCc2ccccc2-c2ccccc2[N+](=O)[O-])cc1. The molecule has 0 aliphatic rings. The Morgan fingerprint density at radius 2 is 1.48 bits per heavy atom. The molecule has 27 heavy (non-hydrogen) atoms. The zero-order valence-electron chi connectivity index (χ0n) is 14.5. The van der Waals surface area contributed by atoms with Crippen molar-refractivity contribution >= 4 is 15.8 Å². The summed E-state index contributed by atoms with van der Waals surface area (Å²) in [7, 11) is -3.93. The normalized spacial score (nSPS) is 11.3. The van der Waals surface area contributed by atoms with Gasteiger partial charge in [-0.3, -0.25) is 14.3 Å². The highest BCUT2D eigenvalue weighted by molar-refractivity contribution is 7.86. The molecule has 0 saturated carbocycles. The minimum atomic E-state index is -3.93. The lowest BCUT2D eigenvalue weighted by Crippen LogP contribution is -2.07. The maximum Gasteiger partial charge on any atom is 0.297 e. The molecule has 0 amide bonds. The summed E-state index contributed by atoms with van der Waals surface area (Å²) in [5.41, 5.74) is 2.41. The zero-order valence-corrected chi connectivity index (χ0v) is 15.3. The first kappa shape index (κ1) is 18.8. The second-order valence-electron chi connectivity index (χ2n) is 5.96. The van der Waals surface area contributed by atoms with Crippen LogP contribution in [-0.4, -0.2) is 13.3 Å². The molecule has 0 saturated heterocycles. The highest BCUT2D eigenvalue weighted by Gasteiger charge is 2.19. The van der Waals surface area contributed by atoms with Gasteiger partial charge in [0.25, 0.3) is 15.8 Å². The molecule has 3 aromatic rings. The van der Waals surface area contributed by atoms with Crippen molar-refractivity contribution in [2.24, 2.45) is 0 Å². The number of hydrogen-bond donors (Lipinski definition) is 0. The summed E-state index contributed by atoms with van der Waals surface area (Å²) in [6.07, 6.45) is 0. The Balaban J connectivity index is 1.92.